The van der Waals surface area contributed by atoms with E-state index in [0.29, 0.717) is 0 Å². The lowest BCUT2D eigenvalue weighted by atomic mass is 9.94. The number of fused-ring (bicyclic) bond motifs is 1. The van der Waals surface area contributed by atoms with Gasteiger partial charge in [-0.2, -0.15) is 0 Å². The smallest absolute Gasteiger partial charge is 0.00603 e. The minimum Gasteiger partial charge on any atom is -0.0683 e. The van der Waals surface area contributed by atoms with E-state index in [2.05, 4.69) is 63.2 Å². The van der Waals surface area contributed by atoms with Gasteiger partial charge in [-0.05, 0) is 54.5 Å². The molecule has 0 bridgehead atoms. The van der Waals surface area contributed by atoms with E-state index in [1.54, 1.807) is 0 Å². The molecular weight excluding hydrogens is 228 g/mol. The molecule has 19 heavy (non-hydrogen) atoms. The Balaban J connectivity index is 2.14. The molecule has 0 atom stereocenters. The third-order valence-corrected chi connectivity index (χ3v) is 3.94. The Morgan fingerprint density at radius 1 is 1.00 bits per heavy atom. The summed E-state index contributed by atoms with van der Waals surface area (Å²) in [6.07, 6.45) is 4.56. The van der Waals surface area contributed by atoms with E-state index >= 15 is 0 Å². The molecule has 0 amide bonds. The molecule has 0 aromatic heterocycles. The van der Waals surface area contributed by atoms with Gasteiger partial charge in [0.05, 0.1) is 0 Å². The fourth-order valence-electron chi connectivity index (χ4n) is 2.95. The zero-order chi connectivity index (χ0) is 13.4. The molecule has 0 aliphatic heterocycles. The second-order valence-corrected chi connectivity index (χ2v) is 5.60. The molecule has 0 unspecified atom stereocenters. The predicted molar refractivity (Wildman–Crippen MR) is 83.3 cm³/mol. The highest BCUT2D eigenvalue weighted by atomic mass is 14.2. The molecule has 0 heterocycles. The standard InChI is InChI=1S/C19H20/c1-4-15-5-7-16(8-6-15)18-11-13(2)9-17-10-14(3)12-19(17)18/h5-9,11-12H,4,10H2,1-3H3. The third-order valence-electron chi connectivity index (χ3n) is 3.94. The molecule has 0 heteroatoms. The maximum atomic E-state index is 2.35. The van der Waals surface area contributed by atoms with Crippen molar-refractivity contribution in [3.63, 3.8) is 0 Å². The molecule has 0 saturated carbocycles. The van der Waals surface area contributed by atoms with Crippen molar-refractivity contribution in [2.75, 3.05) is 0 Å². The lowest BCUT2D eigenvalue weighted by Gasteiger charge is -2.10. The minimum atomic E-state index is 1.10. The van der Waals surface area contributed by atoms with Gasteiger partial charge in [0.1, 0.15) is 0 Å². The van der Waals surface area contributed by atoms with E-state index in [4.69, 9.17) is 0 Å². The van der Waals surface area contributed by atoms with Gasteiger partial charge in [0.15, 0.2) is 0 Å². The highest BCUT2D eigenvalue weighted by Gasteiger charge is 2.15. The van der Waals surface area contributed by atoms with Gasteiger partial charge in [0.2, 0.25) is 0 Å². The first-order valence-electron chi connectivity index (χ1n) is 7.07. The van der Waals surface area contributed by atoms with Gasteiger partial charge in [0.25, 0.3) is 0 Å². The van der Waals surface area contributed by atoms with Gasteiger partial charge in [0, 0.05) is 0 Å². The fourth-order valence-corrected chi connectivity index (χ4v) is 2.95. The van der Waals surface area contributed by atoms with Gasteiger partial charge in [-0.15, -0.1) is 0 Å². The molecule has 0 saturated heterocycles. The Bertz CT molecular complexity index is 642. The van der Waals surface area contributed by atoms with Crippen LogP contribution in [0.1, 0.15) is 36.1 Å². The zero-order valence-corrected chi connectivity index (χ0v) is 12.0. The summed E-state index contributed by atoms with van der Waals surface area (Å²) in [7, 11) is 0. The highest BCUT2D eigenvalue weighted by Crippen LogP contribution is 2.35. The van der Waals surface area contributed by atoms with E-state index in [0.717, 1.165) is 12.8 Å². The van der Waals surface area contributed by atoms with Crippen LogP contribution in [0, 0.1) is 6.92 Å². The number of rotatable bonds is 2. The highest BCUT2D eigenvalue weighted by molar-refractivity contribution is 5.81. The van der Waals surface area contributed by atoms with Crippen molar-refractivity contribution in [1.29, 1.82) is 0 Å². The first kappa shape index (κ1) is 12.2. The van der Waals surface area contributed by atoms with Crippen LogP contribution in [-0.2, 0) is 12.8 Å². The Hall–Kier alpha value is -1.82. The van der Waals surface area contributed by atoms with E-state index in [-0.39, 0.29) is 0 Å². The van der Waals surface area contributed by atoms with Crippen molar-refractivity contribution in [2.45, 2.75) is 33.6 Å². The summed E-state index contributed by atoms with van der Waals surface area (Å²) in [4.78, 5) is 0. The van der Waals surface area contributed by atoms with E-state index in [1.165, 1.54) is 39.0 Å². The van der Waals surface area contributed by atoms with Crippen LogP contribution < -0.4 is 0 Å². The molecule has 1 aliphatic carbocycles. The Morgan fingerprint density at radius 2 is 1.74 bits per heavy atom. The summed E-state index contributed by atoms with van der Waals surface area (Å²) in [6, 6.07) is 13.6. The van der Waals surface area contributed by atoms with Crippen molar-refractivity contribution in [3.8, 4) is 11.1 Å². The number of benzene rings is 2. The minimum absolute atomic E-state index is 1.10. The van der Waals surface area contributed by atoms with Crippen LogP contribution in [0.15, 0.2) is 42.0 Å². The van der Waals surface area contributed by atoms with E-state index in [9.17, 15) is 0 Å². The maximum Gasteiger partial charge on any atom is -0.00603 e. The Kier molecular flexibility index (Phi) is 3.02. The fraction of sp³-hybridized carbons (Fsp3) is 0.263. The topological polar surface area (TPSA) is 0 Å². The first-order valence-corrected chi connectivity index (χ1v) is 7.07. The van der Waals surface area contributed by atoms with Crippen molar-refractivity contribution in [2.24, 2.45) is 0 Å². The summed E-state index contributed by atoms with van der Waals surface area (Å²) in [5.41, 5.74) is 9.85. The molecule has 2 aromatic carbocycles. The normalized spacial score (nSPS) is 13.3. The molecule has 0 fully saturated rings. The van der Waals surface area contributed by atoms with Crippen molar-refractivity contribution in [3.05, 3.63) is 64.2 Å². The van der Waals surface area contributed by atoms with Gasteiger partial charge >= 0.3 is 0 Å². The monoisotopic (exact) mass is 248 g/mol. The van der Waals surface area contributed by atoms with Crippen molar-refractivity contribution >= 4 is 6.08 Å². The molecule has 2 aromatic rings. The number of hydrogen-bond donors (Lipinski definition) is 0. The van der Waals surface area contributed by atoms with E-state index < -0.39 is 0 Å². The molecule has 3 rings (SSSR count). The quantitative estimate of drug-likeness (QED) is 0.686. The summed E-state index contributed by atoms with van der Waals surface area (Å²) >= 11 is 0. The van der Waals surface area contributed by atoms with Crippen LogP contribution in [0.2, 0.25) is 0 Å². The Morgan fingerprint density at radius 3 is 2.42 bits per heavy atom. The van der Waals surface area contributed by atoms with Crippen LogP contribution in [0.25, 0.3) is 17.2 Å². The number of allylic oxidation sites excluding steroid dienone is 1. The van der Waals surface area contributed by atoms with Crippen molar-refractivity contribution in [1.82, 2.24) is 0 Å². The summed E-state index contributed by atoms with van der Waals surface area (Å²) < 4.78 is 0. The summed E-state index contributed by atoms with van der Waals surface area (Å²) in [6.45, 7) is 6.61. The van der Waals surface area contributed by atoms with Gasteiger partial charge < -0.3 is 0 Å². The van der Waals surface area contributed by atoms with E-state index in [1.807, 2.05) is 0 Å². The molecule has 0 N–H and O–H groups in total. The Labute approximate surface area is 115 Å². The molecule has 0 nitrogen and oxygen atoms in total. The molecule has 1 aliphatic rings. The molecule has 0 radical (unpaired) electrons. The average Bonchev–Trinajstić information content (AvgIpc) is 2.78. The largest absolute Gasteiger partial charge is 0.0683 e. The second kappa shape index (κ2) is 4.70. The van der Waals surface area contributed by atoms with Crippen LogP contribution in [-0.4, -0.2) is 0 Å². The summed E-state index contributed by atoms with van der Waals surface area (Å²) in [5, 5.41) is 0. The van der Waals surface area contributed by atoms with Gasteiger partial charge in [-0.3, -0.25) is 0 Å². The SMILES string of the molecule is CCc1ccc(-c2cc(C)cc3c2C=C(C)C3)cc1. The average molecular weight is 248 g/mol. The van der Waals surface area contributed by atoms with Crippen molar-refractivity contribution < 1.29 is 0 Å². The number of aryl methyl sites for hydroxylation is 2. The van der Waals surface area contributed by atoms with Gasteiger partial charge in [-0.25, -0.2) is 0 Å². The van der Waals surface area contributed by atoms with Crippen LogP contribution >= 0.6 is 0 Å². The lowest BCUT2D eigenvalue weighted by molar-refractivity contribution is 1.14. The molecular formula is C19H20. The number of hydrogen-bond acceptors (Lipinski definition) is 0. The van der Waals surface area contributed by atoms with Crippen LogP contribution in [0.3, 0.4) is 0 Å². The van der Waals surface area contributed by atoms with Gasteiger partial charge in [-0.1, -0.05) is 60.5 Å². The molecule has 96 valence electrons. The molecule has 0 spiro atoms. The zero-order valence-electron chi connectivity index (χ0n) is 12.0. The summed E-state index contributed by atoms with van der Waals surface area (Å²) in [5.74, 6) is 0. The van der Waals surface area contributed by atoms with Crippen LogP contribution in [0.4, 0.5) is 0 Å². The third kappa shape index (κ3) is 2.23. The second-order valence-electron chi connectivity index (χ2n) is 5.60. The first-order chi connectivity index (χ1) is 9.17. The maximum absolute atomic E-state index is 2.35. The predicted octanol–water partition coefficient (Wildman–Crippen LogP) is 5.18. The van der Waals surface area contributed by atoms with Crippen LogP contribution in [0.5, 0.6) is 0 Å². The lowest BCUT2D eigenvalue weighted by Crippen LogP contribution is -1.90.